The van der Waals surface area contributed by atoms with Crippen LogP contribution in [0.2, 0.25) is 5.02 Å². The van der Waals surface area contributed by atoms with Gasteiger partial charge >= 0.3 is 0 Å². The van der Waals surface area contributed by atoms with Crippen LogP contribution < -0.4 is 4.90 Å². The molecule has 1 saturated heterocycles. The molecule has 1 aliphatic rings. The first-order chi connectivity index (χ1) is 7.02. The molecule has 2 nitrogen and oxygen atoms in total. The minimum absolute atomic E-state index is 0.382. The Morgan fingerprint density at radius 2 is 2.07 bits per heavy atom. The zero-order valence-corrected chi connectivity index (χ0v) is 9.71. The lowest BCUT2D eigenvalue weighted by atomic mass is 9.84. The predicted molar refractivity (Wildman–Crippen MR) is 62.8 cm³/mol. The molecule has 1 aromatic carbocycles. The van der Waals surface area contributed by atoms with Crippen LogP contribution in [0.3, 0.4) is 0 Å². The minimum atomic E-state index is 0.382. The molecule has 0 unspecified atom stereocenters. The molecular weight excluding hydrogens is 210 g/mol. The van der Waals surface area contributed by atoms with Gasteiger partial charge in [0.05, 0.1) is 10.7 Å². The van der Waals surface area contributed by atoms with Crippen molar-refractivity contribution >= 4 is 23.6 Å². The van der Waals surface area contributed by atoms with E-state index in [4.69, 9.17) is 11.6 Å². The standard InChI is InChI=1S/C12H14ClNO/c1-12(2)7-14(8-12)11-4-3-9(6-15)5-10(11)13/h3-6H,7-8H2,1-2H3. The summed E-state index contributed by atoms with van der Waals surface area (Å²) in [7, 11) is 0. The van der Waals surface area contributed by atoms with Gasteiger partial charge < -0.3 is 4.90 Å². The number of carbonyl (C=O) groups is 1. The van der Waals surface area contributed by atoms with Gasteiger partial charge in [0.15, 0.2) is 0 Å². The van der Waals surface area contributed by atoms with E-state index in [0.717, 1.165) is 25.1 Å². The molecule has 1 heterocycles. The van der Waals surface area contributed by atoms with Crippen LogP contribution in [0.25, 0.3) is 0 Å². The average molecular weight is 224 g/mol. The highest BCUT2D eigenvalue weighted by Gasteiger charge is 2.34. The summed E-state index contributed by atoms with van der Waals surface area (Å²) < 4.78 is 0. The Bertz CT molecular complexity index is 393. The van der Waals surface area contributed by atoms with Gasteiger partial charge in [-0.1, -0.05) is 25.4 Å². The fourth-order valence-corrected chi connectivity index (χ4v) is 2.32. The van der Waals surface area contributed by atoms with E-state index in [9.17, 15) is 4.79 Å². The van der Waals surface area contributed by atoms with Gasteiger partial charge in [-0.2, -0.15) is 0 Å². The number of halogens is 1. The summed E-state index contributed by atoms with van der Waals surface area (Å²) >= 11 is 6.11. The Morgan fingerprint density at radius 3 is 2.53 bits per heavy atom. The molecule has 0 aliphatic carbocycles. The van der Waals surface area contributed by atoms with E-state index < -0.39 is 0 Å². The lowest BCUT2D eigenvalue weighted by Crippen LogP contribution is -2.53. The molecule has 80 valence electrons. The van der Waals surface area contributed by atoms with Gasteiger partial charge in [0.25, 0.3) is 0 Å². The molecule has 15 heavy (non-hydrogen) atoms. The quantitative estimate of drug-likeness (QED) is 0.719. The number of hydrogen-bond acceptors (Lipinski definition) is 2. The van der Waals surface area contributed by atoms with Gasteiger partial charge in [0, 0.05) is 18.7 Å². The highest BCUT2D eigenvalue weighted by molar-refractivity contribution is 6.33. The van der Waals surface area contributed by atoms with Crippen LogP contribution in [0.1, 0.15) is 24.2 Å². The molecular formula is C12H14ClNO. The largest absolute Gasteiger partial charge is 0.369 e. The Balaban J connectivity index is 2.20. The Labute approximate surface area is 94.8 Å². The normalized spacial score (nSPS) is 18.5. The van der Waals surface area contributed by atoms with E-state index >= 15 is 0 Å². The summed E-state index contributed by atoms with van der Waals surface area (Å²) in [5.74, 6) is 0. The van der Waals surface area contributed by atoms with E-state index in [1.165, 1.54) is 0 Å². The zero-order valence-electron chi connectivity index (χ0n) is 8.96. The molecule has 1 aromatic rings. The first-order valence-corrected chi connectivity index (χ1v) is 5.39. The first-order valence-electron chi connectivity index (χ1n) is 5.01. The molecule has 3 heteroatoms. The van der Waals surface area contributed by atoms with Gasteiger partial charge in [0.1, 0.15) is 6.29 Å². The second kappa shape index (κ2) is 3.53. The van der Waals surface area contributed by atoms with Crippen molar-refractivity contribution in [3.63, 3.8) is 0 Å². The fraction of sp³-hybridized carbons (Fsp3) is 0.417. The van der Waals surface area contributed by atoms with Crippen molar-refractivity contribution in [1.82, 2.24) is 0 Å². The molecule has 0 N–H and O–H groups in total. The maximum atomic E-state index is 10.6. The Morgan fingerprint density at radius 1 is 1.40 bits per heavy atom. The van der Waals surface area contributed by atoms with Gasteiger partial charge in [0.2, 0.25) is 0 Å². The van der Waals surface area contributed by atoms with Crippen LogP contribution >= 0.6 is 11.6 Å². The lowest BCUT2D eigenvalue weighted by molar-refractivity contribution is 0.112. The van der Waals surface area contributed by atoms with Crippen molar-refractivity contribution in [2.45, 2.75) is 13.8 Å². The van der Waals surface area contributed by atoms with Crippen LogP contribution in [-0.2, 0) is 0 Å². The third-order valence-corrected chi connectivity index (χ3v) is 2.99. The third kappa shape index (κ3) is 2.00. The van der Waals surface area contributed by atoms with Gasteiger partial charge in [-0.3, -0.25) is 4.79 Å². The Hall–Kier alpha value is -1.02. The molecule has 2 rings (SSSR count). The summed E-state index contributed by atoms with van der Waals surface area (Å²) in [6.45, 7) is 6.51. The van der Waals surface area contributed by atoms with Crippen LogP contribution in [0.4, 0.5) is 5.69 Å². The summed E-state index contributed by atoms with van der Waals surface area (Å²) in [6.07, 6.45) is 0.815. The summed E-state index contributed by atoms with van der Waals surface area (Å²) in [5.41, 5.74) is 2.04. The van der Waals surface area contributed by atoms with E-state index in [-0.39, 0.29) is 0 Å². The second-order valence-electron chi connectivity index (χ2n) is 4.85. The van der Waals surface area contributed by atoms with Crippen LogP contribution in [0.5, 0.6) is 0 Å². The van der Waals surface area contributed by atoms with Crippen LogP contribution in [0.15, 0.2) is 18.2 Å². The molecule has 0 atom stereocenters. The van der Waals surface area contributed by atoms with Crippen molar-refractivity contribution in [1.29, 1.82) is 0 Å². The van der Waals surface area contributed by atoms with E-state index in [1.54, 1.807) is 12.1 Å². The maximum Gasteiger partial charge on any atom is 0.150 e. The number of rotatable bonds is 2. The predicted octanol–water partition coefficient (Wildman–Crippen LogP) is 3.00. The molecule has 1 fully saturated rings. The van der Waals surface area contributed by atoms with Crippen molar-refractivity contribution in [3.8, 4) is 0 Å². The molecule has 0 bridgehead atoms. The minimum Gasteiger partial charge on any atom is -0.369 e. The SMILES string of the molecule is CC1(C)CN(c2ccc(C=O)cc2Cl)C1. The van der Waals surface area contributed by atoms with E-state index in [0.29, 0.717) is 16.0 Å². The topological polar surface area (TPSA) is 20.3 Å². The monoisotopic (exact) mass is 223 g/mol. The molecule has 0 saturated carbocycles. The summed E-state index contributed by atoms with van der Waals surface area (Å²) in [6, 6.07) is 5.44. The lowest BCUT2D eigenvalue weighted by Gasteiger charge is -2.47. The average Bonchev–Trinajstić information content (AvgIpc) is 2.14. The fourth-order valence-electron chi connectivity index (χ4n) is 2.01. The number of hydrogen-bond donors (Lipinski definition) is 0. The number of carbonyl (C=O) groups excluding carboxylic acids is 1. The number of aldehydes is 1. The van der Waals surface area contributed by atoms with Crippen molar-refractivity contribution in [3.05, 3.63) is 28.8 Å². The first kappa shape index (κ1) is 10.5. The van der Waals surface area contributed by atoms with E-state index in [2.05, 4.69) is 18.7 Å². The highest BCUT2D eigenvalue weighted by Crippen LogP contribution is 2.37. The molecule has 0 amide bonds. The molecule has 0 radical (unpaired) electrons. The van der Waals surface area contributed by atoms with E-state index in [1.807, 2.05) is 6.07 Å². The highest BCUT2D eigenvalue weighted by atomic mass is 35.5. The molecule has 1 aliphatic heterocycles. The molecule has 0 spiro atoms. The number of anilines is 1. The summed E-state index contributed by atoms with van der Waals surface area (Å²) in [4.78, 5) is 12.8. The van der Waals surface area contributed by atoms with Crippen LogP contribution in [-0.4, -0.2) is 19.4 Å². The Kier molecular flexibility index (Phi) is 2.47. The summed E-state index contributed by atoms with van der Waals surface area (Å²) in [5, 5.41) is 0.662. The van der Waals surface area contributed by atoms with Gasteiger partial charge in [-0.25, -0.2) is 0 Å². The van der Waals surface area contributed by atoms with Crippen molar-refractivity contribution in [2.24, 2.45) is 5.41 Å². The van der Waals surface area contributed by atoms with Crippen molar-refractivity contribution < 1.29 is 4.79 Å². The second-order valence-corrected chi connectivity index (χ2v) is 5.26. The smallest absolute Gasteiger partial charge is 0.150 e. The zero-order chi connectivity index (χ0) is 11.1. The maximum absolute atomic E-state index is 10.6. The van der Waals surface area contributed by atoms with Crippen molar-refractivity contribution in [2.75, 3.05) is 18.0 Å². The van der Waals surface area contributed by atoms with Gasteiger partial charge in [-0.05, 0) is 23.6 Å². The molecule has 0 aromatic heterocycles. The van der Waals surface area contributed by atoms with Crippen LogP contribution in [0, 0.1) is 5.41 Å². The number of benzene rings is 1. The third-order valence-electron chi connectivity index (χ3n) is 2.69. The number of nitrogens with zero attached hydrogens (tertiary/aromatic N) is 1. The van der Waals surface area contributed by atoms with Gasteiger partial charge in [-0.15, -0.1) is 0 Å².